The second-order valence-corrected chi connectivity index (χ2v) is 32.1. The Morgan fingerprint density at radius 2 is 0.906 bits per heavy atom. The molecule has 1 saturated carbocycles. The van der Waals surface area contributed by atoms with E-state index in [-0.39, 0.29) is 50.2 Å². The number of furan rings is 1. The van der Waals surface area contributed by atoms with E-state index >= 15 is 0 Å². The predicted molar refractivity (Wildman–Crippen MR) is 362 cm³/mol. The Morgan fingerprint density at radius 1 is 0.376 bits per heavy atom. The van der Waals surface area contributed by atoms with Gasteiger partial charge in [-0.1, -0.05) is 176 Å². The lowest BCUT2D eigenvalue weighted by Gasteiger charge is -2.51. The molecule has 85 heavy (non-hydrogen) atoms. The summed E-state index contributed by atoms with van der Waals surface area (Å²) < 4.78 is 6.91. The minimum atomic E-state index is -0.201. The molecule has 0 saturated heterocycles. The summed E-state index contributed by atoms with van der Waals surface area (Å²) in [6, 6.07) is 55.8. The van der Waals surface area contributed by atoms with Gasteiger partial charge in [0.2, 0.25) is 0 Å². The number of hydrogen-bond acceptors (Lipinski definition) is 4. The molecule has 0 radical (unpaired) electrons. The van der Waals surface area contributed by atoms with Crippen LogP contribution in [0.4, 0.5) is 45.5 Å². The van der Waals surface area contributed by atoms with E-state index in [0.29, 0.717) is 0 Å². The van der Waals surface area contributed by atoms with Crippen molar-refractivity contribution in [2.45, 2.75) is 205 Å². The number of nitrogens with zero attached hydrogens (tertiary/aromatic N) is 3. The van der Waals surface area contributed by atoms with Crippen molar-refractivity contribution in [3.8, 4) is 11.1 Å². The van der Waals surface area contributed by atoms with Crippen molar-refractivity contribution in [1.82, 2.24) is 0 Å². The van der Waals surface area contributed by atoms with Gasteiger partial charge in [0.15, 0.2) is 0 Å². The first-order valence-corrected chi connectivity index (χ1v) is 32.4. The van der Waals surface area contributed by atoms with Crippen molar-refractivity contribution < 1.29 is 4.42 Å². The molecule has 5 heteroatoms. The predicted octanol–water partition coefficient (Wildman–Crippen LogP) is 20.0. The first-order chi connectivity index (χ1) is 40.2. The van der Waals surface area contributed by atoms with Crippen molar-refractivity contribution in [1.29, 1.82) is 0 Å². The second kappa shape index (κ2) is 17.2. The molecule has 16 rings (SSSR count). The summed E-state index contributed by atoms with van der Waals surface area (Å²) in [4.78, 5) is 8.40. The Hall–Kier alpha value is -6.98. The number of benzene rings is 8. The first-order valence-electron chi connectivity index (χ1n) is 32.4. The molecule has 4 nitrogen and oxygen atoms in total. The van der Waals surface area contributed by atoms with Crippen LogP contribution in [0.2, 0.25) is 0 Å². The van der Waals surface area contributed by atoms with Gasteiger partial charge in [-0.15, -0.1) is 0 Å². The van der Waals surface area contributed by atoms with Crippen LogP contribution in [0, 0.1) is 6.92 Å². The van der Waals surface area contributed by atoms with Crippen LogP contribution in [0.25, 0.3) is 33.1 Å². The third-order valence-corrected chi connectivity index (χ3v) is 24.0. The van der Waals surface area contributed by atoms with Gasteiger partial charge in [0.1, 0.15) is 11.2 Å². The Bertz CT molecular complexity index is 4380. The highest BCUT2D eigenvalue weighted by molar-refractivity contribution is 7.00. The number of rotatable bonds is 4. The molecule has 3 aliphatic heterocycles. The van der Waals surface area contributed by atoms with Crippen LogP contribution in [0.3, 0.4) is 0 Å². The van der Waals surface area contributed by atoms with Crippen LogP contribution >= 0.6 is 0 Å². The molecule has 0 amide bonds. The molecule has 430 valence electrons. The molecule has 2 atom stereocenters. The van der Waals surface area contributed by atoms with Crippen molar-refractivity contribution in [2.24, 2.45) is 0 Å². The average Bonchev–Trinajstić information content (AvgIpc) is 1.68. The van der Waals surface area contributed by atoms with Crippen molar-refractivity contribution >= 4 is 90.5 Å². The lowest BCUT2D eigenvalue weighted by atomic mass is 9.32. The molecule has 1 aromatic heterocycles. The van der Waals surface area contributed by atoms with Crippen molar-refractivity contribution in [2.75, 3.05) is 14.7 Å². The minimum Gasteiger partial charge on any atom is -0.456 e. The van der Waals surface area contributed by atoms with E-state index in [1.807, 2.05) is 0 Å². The third kappa shape index (κ3) is 7.28. The highest BCUT2D eigenvalue weighted by Crippen LogP contribution is 2.63. The number of anilines is 8. The van der Waals surface area contributed by atoms with Gasteiger partial charge < -0.3 is 19.1 Å². The Kier molecular flexibility index (Phi) is 10.8. The molecule has 0 bridgehead atoms. The van der Waals surface area contributed by atoms with Gasteiger partial charge >= 0.3 is 0 Å². The lowest BCUT2D eigenvalue weighted by molar-refractivity contribution is 0.195. The van der Waals surface area contributed by atoms with Gasteiger partial charge in [-0.05, 0) is 224 Å². The van der Waals surface area contributed by atoms with E-state index in [1.165, 1.54) is 125 Å². The van der Waals surface area contributed by atoms with Gasteiger partial charge in [0, 0.05) is 67.8 Å². The molecule has 4 heterocycles. The average molecular weight is 1120 g/mol. The zero-order chi connectivity index (χ0) is 59.1. The van der Waals surface area contributed by atoms with Gasteiger partial charge in [0.25, 0.3) is 6.71 Å². The van der Waals surface area contributed by atoms with Crippen LogP contribution in [0.15, 0.2) is 144 Å². The number of hydrogen-bond donors (Lipinski definition) is 0. The Labute approximate surface area is 507 Å². The molecule has 0 spiro atoms. The molecule has 7 aliphatic rings. The standard InChI is InChI=1S/C80H86BN3O/c1-48-37-55-60(78(12,13)47-77(55,10)11)44-65(48)83-67-46-59-57(74(4,5)34-36-76(59,8)9)43-63(67)81-62-42-56-58(75(6,7)35-33-73(56,2)3)45-66(62)82(51-28-29-54-53-25-19-20-26-70(53)85-71(54)41-51)68-39-52(40-69(83)72(68)81)84-64-30-27-50(49-23-17-16-18-24-49)38-61(64)79(14)31-21-22-32-80(79,84)15/h16-20,23-30,37-46H,21-22,31-36,47H2,1-15H3. The summed E-state index contributed by atoms with van der Waals surface area (Å²) in [5.41, 5.74) is 30.5. The fourth-order valence-electron chi connectivity index (χ4n) is 18.9. The number of fused-ring (bicyclic) bond motifs is 13. The van der Waals surface area contributed by atoms with Crippen molar-refractivity contribution in [3.05, 3.63) is 184 Å². The summed E-state index contributed by atoms with van der Waals surface area (Å²) >= 11 is 0. The maximum absolute atomic E-state index is 6.91. The van der Waals surface area contributed by atoms with Crippen LogP contribution < -0.4 is 31.1 Å². The van der Waals surface area contributed by atoms with Gasteiger partial charge in [-0.25, -0.2) is 0 Å². The van der Waals surface area contributed by atoms with Crippen LogP contribution in [-0.2, 0) is 37.9 Å². The largest absolute Gasteiger partial charge is 0.456 e. The fourth-order valence-corrected chi connectivity index (χ4v) is 18.9. The molecular formula is C80H86BN3O. The normalized spacial score (nSPS) is 23.6. The number of para-hydroxylation sites is 1. The van der Waals surface area contributed by atoms with Crippen LogP contribution in [0.5, 0.6) is 0 Å². The fraction of sp³-hybridized carbons (Fsp3) is 0.400. The zero-order valence-corrected chi connectivity index (χ0v) is 53.5. The third-order valence-electron chi connectivity index (χ3n) is 24.0. The molecule has 2 unspecified atom stereocenters. The van der Waals surface area contributed by atoms with Gasteiger partial charge in [-0.3, -0.25) is 0 Å². The van der Waals surface area contributed by atoms with Gasteiger partial charge in [0.05, 0.1) is 5.54 Å². The second-order valence-electron chi connectivity index (χ2n) is 32.1. The highest BCUT2D eigenvalue weighted by Gasteiger charge is 2.59. The summed E-state index contributed by atoms with van der Waals surface area (Å²) in [5.74, 6) is 0. The quantitative estimate of drug-likeness (QED) is 0.164. The monoisotopic (exact) mass is 1120 g/mol. The maximum atomic E-state index is 6.91. The van der Waals surface area contributed by atoms with Crippen LogP contribution in [0.1, 0.15) is 199 Å². The SMILES string of the molecule is Cc1cc2c(cc1N1c3cc4c(cc3B3c5cc6c(cc5N(c5ccc7c(c5)oc5ccccc57)c5cc(N7c8ccc(-c9ccccc9)cc8C8(C)CCCCC78C)cc1c53)C(C)(C)CCC6(C)C)C(C)(C)CCC4(C)C)C(C)(C)CC2(C)C. The van der Waals surface area contributed by atoms with E-state index in [9.17, 15) is 0 Å². The van der Waals surface area contributed by atoms with Crippen LogP contribution in [-0.4, -0.2) is 12.3 Å². The van der Waals surface area contributed by atoms with E-state index in [0.717, 1.165) is 72.6 Å². The van der Waals surface area contributed by atoms with E-state index in [1.54, 1.807) is 0 Å². The summed E-state index contributed by atoms with van der Waals surface area (Å²) in [7, 11) is 0. The molecule has 0 N–H and O–H groups in total. The summed E-state index contributed by atoms with van der Waals surface area (Å²) in [6.45, 7) is 37.7. The Balaban J connectivity index is 1.07. The van der Waals surface area contributed by atoms with E-state index < -0.39 is 0 Å². The molecular weight excluding hydrogens is 1030 g/mol. The highest BCUT2D eigenvalue weighted by atomic mass is 16.3. The lowest BCUT2D eigenvalue weighted by Crippen LogP contribution is -2.62. The topological polar surface area (TPSA) is 22.9 Å². The molecule has 4 aliphatic carbocycles. The van der Waals surface area contributed by atoms with Gasteiger partial charge in [-0.2, -0.15) is 0 Å². The summed E-state index contributed by atoms with van der Waals surface area (Å²) in [6.07, 6.45) is 10.4. The molecule has 1 fully saturated rings. The molecule has 9 aromatic rings. The number of aryl methyl sites for hydroxylation is 1. The minimum absolute atomic E-state index is 0.000971. The van der Waals surface area contributed by atoms with Crippen molar-refractivity contribution in [3.63, 3.8) is 0 Å². The van der Waals surface area contributed by atoms with E-state index in [4.69, 9.17) is 4.42 Å². The van der Waals surface area contributed by atoms with E-state index in [2.05, 4.69) is 258 Å². The Morgan fingerprint density at radius 3 is 1.55 bits per heavy atom. The first kappa shape index (κ1) is 53.5. The zero-order valence-electron chi connectivity index (χ0n) is 53.5. The summed E-state index contributed by atoms with van der Waals surface area (Å²) in [5, 5.41) is 2.31. The molecule has 8 aromatic carbocycles. The maximum Gasteiger partial charge on any atom is 0.252 e. The smallest absolute Gasteiger partial charge is 0.252 e.